The van der Waals surface area contributed by atoms with E-state index in [1.54, 1.807) is 6.07 Å². The summed E-state index contributed by atoms with van der Waals surface area (Å²) in [6, 6.07) is 8.12. The molecular weight excluding hydrogens is 392 g/mol. The van der Waals surface area contributed by atoms with Crippen molar-refractivity contribution in [3.05, 3.63) is 70.0 Å². The first-order valence-corrected chi connectivity index (χ1v) is 9.74. The quantitative estimate of drug-likeness (QED) is 0.712. The lowest BCUT2D eigenvalue weighted by Gasteiger charge is -2.35. The molecular formula is C22H21F2N3O3. The molecule has 1 aliphatic rings. The maximum Gasteiger partial charge on any atom is 0.341 e. The second kappa shape index (κ2) is 7.87. The van der Waals surface area contributed by atoms with Crippen molar-refractivity contribution in [2.24, 2.45) is 0 Å². The lowest BCUT2D eigenvalue weighted by atomic mass is 10.1. The molecule has 30 heavy (non-hydrogen) atoms. The van der Waals surface area contributed by atoms with Crippen LogP contribution in [0.4, 0.5) is 14.5 Å². The SMILES string of the molecule is CCN1CCN(c2cc3c(cc2F)c(=O)c(C(=O)O)cn3-c2ccc(F)cc2)CC1. The highest BCUT2D eigenvalue weighted by Crippen LogP contribution is 2.28. The van der Waals surface area contributed by atoms with E-state index in [0.717, 1.165) is 25.7 Å². The normalized spacial score (nSPS) is 15.0. The molecule has 0 aliphatic carbocycles. The number of rotatable bonds is 4. The van der Waals surface area contributed by atoms with E-state index in [-0.39, 0.29) is 5.39 Å². The van der Waals surface area contributed by atoms with Crippen molar-refractivity contribution in [2.45, 2.75) is 6.92 Å². The lowest BCUT2D eigenvalue weighted by Crippen LogP contribution is -2.46. The van der Waals surface area contributed by atoms with Gasteiger partial charge in [-0.1, -0.05) is 6.92 Å². The molecule has 0 bridgehead atoms. The minimum atomic E-state index is -1.40. The van der Waals surface area contributed by atoms with E-state index in [1.165, 1.54) is 35.0 Å². The molecule has 1 aromatic heterocycles. The largest absolute Gasteiger partial charge is 0.477 e. The summed E-state index contributed by atoms with van der Waals surface area (Å²) in [7, 11) is 0. The molecule has 0 spiro atoms. The van der Waals surface area contributed by atoms with Crippen LogP contribution in [0.3, 0.4) is 0 Å². The molecule has 8 heteroatoms. The molecule has 1 aliphatic heterocycles. The van der Waals surface area contributed by atoms with E-state index in [2.05, 4.69) is 11.8 Å². The first-order valence-electron chi connectivity index (χ1n) is 9.74. The Morgan fingerprint density at radius 3 is 2.33 bits per heavy atom. The first kappa shape index (κ1) is 20.0. The van der Waals surface area contributed by atoms with Gasteiger partial charge in [0.25, 0.3) is 0 Å². The van der Waals surface area contributed by atoms with Gasteiger partial charge in [-0.15, -0.1) is 0 Å². The zero-order valence-corrected chi connectivity index (χ0v) is 16.4. The fourth-order valence-electron chi connectivity index (χ4n) is 3.85. The van der Waals surface area contributed by atoms with Crippen molar-refractivity contribution in [2.75, 3.05) is 37.6 Å². The Hall–Kier alpha value is -3.26. The number of fused-ring (bicyclic) bond motifs is 1. The third-order valence-corrected chi connectivity index (χ3v) is 5.57. The van der Waals surface area contributed by atoms with Gasteiger partial charge in [0.15, 0.2) is 0 Å². The van der Waals surface area contributed by atoms with Crippen LogP contribution >= 0.6 is 0 Å². The van der Waals surface area contributed by atoms with Crippen molar-refractivity contribution in [1.82, 2.24) is 9.47 Å². The molecule has 1 fully saturated rings. The van der Waals surface area contributed by atoms with Gasteiger partial charge in [0.2, 0.25) is 5.43 Å². The Morgan fingerprint density at radius 1 is 1.07 bits per heavy atom. The molecule has 3 aromatic rings. The Kier molecular flexibility index (Phi) is 5.26. The van der Waals surface area contributed by atoms with Crippen molar-refractivity contribution in [3.63, 3.8) is 0 Å². The van der Waals surface area contributed by atoms with Crippen LogP contribution in [0, 0.1) is 11.6 Å². The molecule has 0 atom stereocenters. The van der Waals surface area contributed by atoms with Gasteiger partial charge < -0.3 is 19.5 Å². The van der Waals surface area contributed by atoms with Crippen LogP contribution in [-0.4, -0.2) is 53.3 Å². The van der Waals surface area contributed by atoms with Crippen LogP contribution in [0.25, 0.3) is 16.6 Å². The monoisotopic (exact) mass is 413 g/mol. The number of nitrogens with zero attached hydrogens (tertiary/aromatic N) is 3. The van der Waals surface area contributed by atoms with Gasteiger partial charge >= 0.3 is 5.97 Å². The number of pyridine rings is 1. The number of carbonyl (C=O) groups is 1. The van der Waals surface area contributed by atoms with Gasteiger partial charge in [-0.3, -0.25) is 4.79 Å². The summed E-state index contributed by atoms with van der Waals surface area (Å²) < 4.78 is 29.9. The molecule has 2 heterocycles. The fraction of sp³-hybridized carbons (Fsp3) is 0.273. The average molecular weight is 413 g/mol. The highest BCUT2D eigenvalue weighted by Gasteiger charge is 2.22. The first-order chi connectivity index (χ1) is 14.4. The van der Waals surface area contributed by atoms with Crippen LogP contribution < -0.4 is 10.3 Å². The van der Waals surface area contributed by atoms with Crippen molar-refractivity contribution in [1.29, 1.82) is 0 Å². The summed E-state index contributed by atoms with van der Waals surface area (Å²) in [5.41, 5.74) is -0.0348. The maximum atomic E-state index is 15.0. The van der Waals surface area contributed by atoms with Crippen LogP contribution in [0.2, 0.25) is 0 Å². The van der Waals surface area contributed by atoms with E-state index in [4.69, 9.17) is 0 Å². The predicted octanol–water partition coefficient (Wildman–Crippen LogP) is 3.11. The van der Waals surface area contributed by atoms with E-state index >= 15 is 0 Å². The third kappa shape index (κ3) is 3.54. The second-order valence-electron chi connectivity index (χ2n) is 7.27. The van der Waals surface area contributed by atoms with Gasteiger partial charge in [0.1, 0.15) is 17.2 Å². The molecule has 0 unspecified atom stereocenters. The number of hydrogen-bond donors (Lipinski definition) is 1. The minimum absolute atomic E-state index is 0.0346. The van der Waals surface area contributed by atoms with Gasteiger partial charge in [-0.2, -0.15) is 0 Å². The molecule has 4 rings (SSSR count). The zero-order chi connectivity index (χ0) is 21.4. The summed E-state index contributed by atoms with van der Waals surface area (Å²) in [5.74, 6) is -2.42. The maximum absolute atomic E-state index is 15.0. The summed E-state index contributed by atoms with van der Waals surface area (Å²) in [6.45, 7) is 5.89. The zero-order valence-electron chi connectivity index (χ0n) is 16.4. The minimum Gasteiger partial charge on any atom is -0.477 e. The molecule has 2 aromatic carbocycles. The van der Waals surface area contributed by atoms with Gasteiger partial charge in [-0.05, 0) is 42.9 Å². The van der Waals surface area contributed by atoms with Crippen molar-refractivity contribution in [3.8, 4) is 5.69 Å². The van der Waals surface area contributed by atoms with E-state index in [0.29, 0.717) is 30.0 Å². The Morgan fingerprint density at radius 2 is 1.73 bits per heavy atom. The van der Waals surface area contributed by atoms with Crippen LogP contribution in [0.1, 0.15) is 17.3 Å². The van der Waals surface area contributed by atoms with E-state index in [9.17, 15) is 23.5 Å². The van der Waals surface area contributed by atoms with Gasteiger partial charge in [-0.25, -0.2) is 13.6 Å². The van der Waals surface area contributed by atoms with E-state index in [1.807, 2.05) is 4.90 Å². The Bertz CT molecular complexity index is 1170. The van der Waals surface area contributed by atoms with Crippen LogP contribution in [0.5, 0.6) is 0 Å². The number of likely N-dealkylation sites (N-methyl/N-ethyl adjacent to an activating group) is 1. The van der Waals surface area contributed by atoms with Gasteiger partial charge in [0.05, 0.1) is 11.2 Å². The van der Waals surface area contributed by atoms with E-state index < -0.39 is 28.6 Å². The standard InChI is InChI=1S/C22H21F2N3O3/c1-2-25-7-9-26(10-8-25)20-12-19-16(11-18(20)24)21(28)17(22(29)30)13-27(19)15-5-3-14(23)4-6-15/h3-6,11-13H,2,7-10H2,1H3,(H,29,30). The molecule has 0 amide bonds. The highest BCUT2D eigenvalue weighted by molar-refractivity contribution is 5.94. The number of carboxylic acids is 1. The summed E-state index contributed by atoms with van der Waals surface area (Å²) >= 11 is 0. The van der Waals surface area contributed by atoms with Crippen LogP contribution in [0.15, 0.2) is 47.4 Å². The number of anilines is 1. The van der Waals surface area contributed by atoms with Crippen LogP contribution in [-0.2, 0) is 0 Å². The molecule has 1 saturated heterocycles. The van der Waals surface area contributed by atoms with Crippen molar-refractivity contribution >= 4 is 22.6 Å². The fourth-order valence-corrected chi connectivity index (χ4v) is 3.85. The topological polar surface area (TPSA) is 65.8 Å². The predicted molar refractivity (Wildman–Crippen MR) is 111 cm³/mol. The smallest absolute Gasteiger partial charge is 0.341 e. The lowest BCUT2D eigenvalue weighted by molar-refractivity contribution is 0.0695. The number of aromatic nitrogens is 1. The molecule has 0 saturated carbocycles. The second-order valence-corrected chi connectivity index (χ2v) is 7.27. The number of carboxylic acid groups (broad SMARTS) is 1. The number of halogens is 2. The van der Waals surface area contributed by atoms with Gasteiger partial charge in [0, 0.05) is 43.4 Å². The summed E-state index contributed by atoms with van der Waals surface area (Å²) in [4.78, 5) is 28.5. The van der Waals surface area contributed by atoms with Crippen molar-refractivity contribution < 1.29 is 18.7 Å². The summed E-state index contributed by atoms with van der Waals surface area (Å²) in [6.07, 6.45) is 1.21. The summed E-state index contributed by atoms with van der Waals surface area (Å²) in [5, 5.41) is 9.40. The average Bonchev–Trinajstić information content (AvgIpc) is 2.74. The molecule has 0 radical (unpaired) electrons. The Labute approximate surface area is 171 Å². The number of piperazine rings is 1. The number of benzene rings is 2. The highest BCUT2D eigenvalue weighted by atomic mass is 19.1. The third-order valence-electron chi connectivity index (χ3n) is 5.57. The molecule has 156 valence electrons. The Balaban J connectivity index is 1.92. The molecule has 6 nitrogen and oxygen atoms in total. The molecule has 1 N–H and O–H groups in total. The number of aromatic carboxylic acids is 1. The number of hydrogen-bond acceptors (Lipinski definition) is 4.